The first-order chi connectivity index (χ1) is 6.16. The van der Waals surface area contributed by atoms with Crippen LogP contribution in [0.5, 0.6) is 0 Å². The van der Waals surface area contributed by atoms with Gasteiger partial charge >= 0.3 is 0 Å². The summed E-state index contributed by atoms with van der Waals surface area (Å²) in [6.45, 7) is 11.4. The van der Waals surface area contributed by atoms with Crippen molar-refractivity contribution >= 4 is 0 Å². The van der Waals surface area contributed by atoms with Crippen LogP contribution in [0.2, 0.25) is 0 Å². The number of allylic oxidation sites excluding steroid dienone is 4. The molecule has 0 aliphatic heterocycles. The summed E-state index contributed by atoms with van der Waals surface area (Å²) in [6.07, 6.45) is 7.27. The third-order valence-electron chi connectivity index (χ3n) is 1.60. The van der Waals surface area contributed by atoms with Crippen LogP contribution in [0.1, 0.15) is 27.2 Å². The van der Waals surface area contributed by atoms with E-state index in [1.54, 1.807) is 0 Å². The topological polar surface area (TPSA) is 9.23 Å². The van der Waals surface area contributed by atoms with Crippen LogP contribution >= 0.6 is 0 Å². The fourth-order valence-corrected chi connectivity index (χ4v) is 0.848. The third kappa shape index (κ3) is 9.09. The zero-order valence-electron chi connectivity index (χ0n) is 8.97. The molecule has 0 amide bonds. The summed E-state index contributed by atoms with van der Waals surface area (Å²) in [6, 6.07) is 0. The molecule has 0 fully saturated rings. The van der Waals surface area contributed by atoms with Crippen molar-refractivity contribution in [2.24, 2.45) is 0 Å². The highest BCUT2D eigenvalue weighted by molar-refractivity contribution is 5.14. The van der Waals surface area contributed by atoms with Crippen LogP contribution in [0.3, 0.4) is 0 Å². The zero-order valence-corrected chi connectivity index (χ0v) is 8.97. The average molecular weight is 180 g/mol. The van der Waals surface area contributed by atoms with Crippen molar-refractivity contribution in [3.63, 3.8) is 0 Å². The van der Waals surface area contributed by atoms with E-state index in [1.807, 2.05) is 19.9 Å². The highest BCUT2D eigenvalue weighted by Gasteiger charge is 1.85. The Labute approximate surface area is 81.8 Å². The van der Waals surface area contributed by atoms with Gasteiger partial charge in [-0.2, -0.15) is 0 Å². The summed E-state index contributed by atoms with van der Waals surface area (Å²) in [4.78, 5) is 0. The molecule has 0 saturated heterocycles. The largest absolute Gasteiger partial charge is 0.378 e. The summed E-state index contributed by atoms with van der Waals surface area (Å²) in [5.41, 5.74) is 2.43. The zero-order chi connectivity index (χ0) is 10.1. The van der Waals surface area contributed by atoms with Crippen LogP contribution in [-0.4, -0.2) is 13.2 Å². The van der Waals surface area contributed by atoms with Gasteiger partial charge < -0.3 is 4.74 Å². The molecule has 1 heteroatoms. The first-order valence-electron chi connectivity index (χ1n) is 4.72. The van der Waals surface area contributed by atoms with Gasteiger partial charge in [0.1, 0.15) is 0 Å². The summed E-state index contributed by atoms with van der Waals surface area (Å²) in [5.74, 6) is 0. The van der Waals surface area contributed by atoms with E-state index in [4.69, 9.17) is 4.74 Å². The van der Waals surface area contributed by atoms with Crippen LogP contribution in [0.25, 0.3) is 0 Å². The monoisotopic (exact) mass is 180 g/mol. The third-order valence-corrected chi connectivity index (χ3v) is 1.60. The first kappa shape index (κ1) is 12.2. The highest BCUT2D eigenvalue weighted by atomic mass is 16.5. The second kappa shape index (κ2) is 7.81. The number of rotatable bonds is 6. The molecule has 0 atom stereocenters. The first-order valence-corrected chi connectivity index (χ1v) is 4.72. The molecule has 0 bridgehead atoms. The molecule has 0 heterocycles. The molecule has 0 aromatic heterocycles. The highest BCUT2D eigenvalue weighted by Crippen LogP contribution is 2.02. The fraction of sp³-hybridized carbons (Fsp3) is 0.500. The van der Waals surface area contributed by atoms with Crippen molar-refractivity contribution < 1.29 is 4.74 Å². The van der Waals surface area contributed by atoms with Gasteiger partial charge in [0.25, 0.3) is 0 Å². The lowest BCUT2D eigenvalue weighted by Crippen LogP contribution is -1.89. The van der Waals surface area contributed by atoms with Crippen LogP contribution in [0.4, 0.5) is 0 Å². The predicted octanol–water partition coefficient (Wildman–Crippen LogP) is 3.49. The lowest BCUT2D eigenvalue weighted by atomic mass is 10.2. The molecule has 0 saturated carbocycles. The van der Waals surface area contributed by atoms with E-state index in [0.717, 1.165) is 25.2 Å². The summed E-state index contributed by atoms with van der Waals surface area (Å²) < 4.78 is 5.21. The molecule has 1 nitrogen and oxygen atoms in total. The minimum Gasteiger partial charge on any atom is -0.378 e. The Bertz CT molecular complexity index is 199. The Kier molecular flexibility index (Phi) is 7.32. The van der Waals surface area contributed by atoms with Gasteiger partial charge in [-0.1, -0.05) is 36.0 Å². The Hall–Kier alpha value is -0.820. The smallest absolute Gasteiger partial charge is 0.0649 e. The number of hydrogen-bond acceptors (Lipinski definition) is 1. The van der Waals surface area contributed by atoms with Crippen molar-refractivity contribution in [1.82, 2.24) is 0 Å². The predicted molar refractivity (Wildman–Crippen MR) is 58.8 cm³/mol. The van der Waals surface area contributed by atoms with Gasteiger partial charge in [0, 0.05) is 6.61 Å². The molecule has 13 heavy (non-hydrogen) atoms. The van der Waals surface area contributed by atoms with E-state index in [2.05, 4.69) is 25.7 Å². The summed E-state index contributed by atoms with van der Waals surface area (Å²) in [5, 5.41) is 0. The van der Waals surface area contributed by atoms with E-state index >= 15 is 0 Å². The van der Waals surface area contributed by atoms with Gasteiger partial charge in [-0.05, 0) is 27.2 Å². The Morgan fingerprint density at radius 3 is 2.62 bits per heavy atom. The van der Waals surface area contributed by atoms with Gasteiger partial charge in [0.05, 0.1) is 6.61 Å². The Morgan fingerprint density at radius 1 is 1.38 bits per heavy atom. The maximum absolute atomic E-state index is 5.21. The van der Waals surface area contributed by atoms with Crippen LogP contribution < -0.4 is 0 Å². The molecule has 0 spiro atoms. The van der Waals surface area contributed by atoms with Crippen molar-refractivity contribution in [3.8, 4) is 0 Å². The summed E-state index contributed by atoms with van der Waals surface area (Å²) in [7, 11) is 0. The van der Waals surface area contributed by atoms with Crippen molar-refractivity contribution in [1.29, 1.82) is 0 Å². The molecule has 0 radical (unpaired) electrons. The lowest BCUT2D eigenvalue weighted by molar-refractivity contribution is 0.177. The molecule has 0 N–H and O–H groups in total. The maximum Gasteiger partial charge on any atom is 0.0649 e. The Balaban J connectivity index is 3.66. The SMILES string of the molecule is C=C(C)/C=C/C/C(C)=C/COCC. The average Bonchev–Trinajstić information content (AvgIpc) is 2.04. The van der Waals surface area contributed by atoms with E-state index in [0.29, 0.717) is 0 Å². The van der Waals surface area contributed by atoms with Crippen LogP contribution in [0.15, 0.2) is 36.0 Å². The number of ether oxygens (including phenoxy) is 1. The van der Waals surface area contributed by atoms with Gasteiger partial charge in [0.2, 0.25) is 0 Å². The lowest BCUT2D eigenvalue weighted by Gasteiger charge is -1.97. The van der Waals surface area contributed by atoms with Gasteiger partial charge in [-0.3, -0.25) is 0 Å². The van der Waals surface area contributed by atoms with Crippen molar-refractivity contribution in [2.45, 2.75) is 27.2 Å². The molecule has 0 aromatic rings. The molecule has 0 aliphatic carbocycles. The van der Waals surface area contributed by atoms with Gasteiger partial charge in [-0.15, -0.1) is 0 Å². The minimum absolute atomic E-state index is 0.725. The molecule has 0 aliphatic rings. The van der Waals surface area contributed by atoms with Gasteiger partial charge in [0.15, 0.2) is 0 Å². The minimum atomic E-state index is 0.725. The van der Waals surface area contributed by atoms with Crippen molar-refractivity contribution in [2.75, 3.05) is 13.2 Å². The summed E-state index contributed by atoms with van der Waals surface area (Å²) >= 11 is 0. The fourth-order valence-electron chi connectivity index (χ4n) is 0.848. The maximum atomic E-state index is 5.21. The van der Waals surface area contributed by atoms with E-state index in [9.17, 15) is 0 Å². The van der Waals surface area contributed by atoms with Crippen LogP contribution in [-0.2, 0) is 4.74 Å². The molecule has 0 rings (SSSR count). The molecular weight excluding hydrogens is 160 g/mol. The van der Waals surface area contributed by atoms with E-state index in [1.165, 1.54) is 5.57 Å². The second-order valence-electron chi connectivity index (χ2n) is 3.16. The molecule has 74 valence electrons. The molecular formula is C12H20O. The van der Waals surface area contributed by atoms with Crippen molar-refractivity contribution in [3.05, 3.63) is 36.0 Å². The quantitative estimate of drug-likeness (QED) is 0.345. The van der Waals surface area contributed by atoms with E-state index in [-0.39, 0.29) is 0 Å². The normalized spacial score (nSPS) is 12.4. The Morgan fingerprint density at radius 2 is 2.08 bits per heavy atom. The second-order valence-corrected chi connectivity index (χ2v) is 3.16. The molecule has 0 unspecified atom stereocenters. The van der Waals surface area contributed by atoms with Gasteiger partial charge in [-0.25, -0.2) is 0 Å². The standard InChI is InChI=1S/C12H20O/c1-5-13-10-9-12(4)8-6-7-11(2)3/h6-7,9H,2,5,8,10H2,1,3-4H3/b7-6+,12-9+. The number of hydrogen-bond donors (Lipinski definition) is 0. The van der Waals surface area contributed by atoms with E-state index < -0.39 is 0 Å². The van der Waals surface area contributed by atoms with Crippen LogP contribution in [0, 0.1) is 0 Å². The molecule has 0 aromatic carbocycles.